The van der Waals surface area contributed by atoms with Crippen LogP contribution >= 0.6 is 0 Å². The molecule has 2 heterocycles. The first-order chi connectivity index (χ1) is 7.59. The summed E-state index contributed by atoms with van der Waals surface area (Å²) in [7, 11) is 1.95. The van der Waals surface area contributed by atoms with Gasteiger partial charge >= 0.3 is 0 Å². The van der Waals surface area contributed by atoms with E-state index in [2.05, 4.69) is 27.3 Å². The molecular weight excluding hydrogens is 202 g/mol. The summed E-state index contributed by atoms with van der Waals surface area (Å²) >= 11 is 0. The Bertz CT molecular complexity index is 494. The SMILES string of the molecule is Cc1nn(C)c(C)c1NCc1nc[nH]c1C. The van der Waals surface area contributed by atoms with Crippen molar-refractivity contribution in [1.82, 2.24) is 19.7 Å². The molecule has 0 aliphatic rings. The molecule has 0 aliphatic carbocycles. The summed E-state index contributed by atoms with van der Waals surface area (Å²) in [5.74, 6) is 0. The van der Waals surface area contributed by atoms with E-state index in [9.17, 15) is 0 Å². The number of aromatic nitrogens is 4. The van der Waals surface area contributed by atoms with Crippen molar-refractivity contribution in [2.75, 3.05) is 5.32 Å². The van der Waals surface area contributed by atoms with Crippen molar-refractivity contribution in [3.8, 4) is 0 Å². The van der Waals surface area contributed by atoms with Crippen molar-refractivity contribution in [3.05, 3.63) is 29.1 Å². The van der Waals surface area contributed by atoms with E-state index in [0.717, 1.165) is 35.0 Å². The highest BCUT2D eigenvalue weighted by molar-refractivity contribution is 5.52. The third kappa shape index (κ3) is 1.80. The molecule has 0 aromatic carbocycles. The second-order valence-electron chi connectivity index (χ2n) is 4.00. The van der Waals surface area contributed by atoms with Crippen LogP contribution in [0.3, 0.4) is 0 Å². The average Bonchev–Trinajstić information content (AvgIpc) is 2.72. The summed E-state index contributed by atoms with van der Waals surface area (Å²) in [5.41, 5.74) is 5.41. The van der Waals surface area contributed by atoms with E-state index in [4.69, 9.17) is 0 Å². The lowest BCUT2D eigenvalue weighted by atomic mass is 10.3. The summed E-state index contributed by atoms with van der Waals surface area (Å²) in [5, 5.41) is 7.74. The smallest absolute Gasteiger partial charge is 0.0925 e. The minimum atomic E-state index is 0.725. The maximum Gasteiger partial charge on any atom is 0.0925 e. The molecule has 0 aliphatic heterocycles. The lowest BCUT2D eigenvalue weighted by Gasteiger charge is -2.05. The number of nitrogens with zero attached hydrogens (tertiary/aromatic N) is 3. The topological polar surface area (TPSA) is 58.5 Å². The highest BCUT2D eigenvalue weighted by atomic mass is 15.3. The fraction of sp³-hybridized carbons (Fsp3) is 0.455. The molecule has 2 N–H and O–H groups in total. The average molecular weight is 219 g/mol. The molecule has 0 fully saturated rings. The Morgan fingerprint density at radius 1 is 1.38 bits per heavy atom. The molecular formula is C11H17N5. The van der Waals surface area contributed by atoms with Gasteiger partial charge in [0.05, 0.1) is 35.6 Å². The highest BCUT2D eigenvalue weighted by Crippen LogP contribution is 2.19. The van der Waals surface area contributed by atoms with Crippen LogP contribution in [0, 0.1) is 20.8 Å². The van der Waals surface area contributed by atoms with Crippen molar-refractivity contribution < 1.29 is 0 Å². The van der Waals surface area contributed by atoms with E-state index in [0.29, 0.717) is 0 Å². The molecule has 5 heteroatoms. The fourth-order valence-electron chi connectivity index (χ4n) is 1.77. The van der Waals surface area contributed by atoms with E-state index >= 15 is 0 Å². The van der Waals surface area contributed by atoms with Crippen molar-refractivity contribution in [2.45, 2.75) is 27.3 Å². The molecule has 2 aromatic heterocycles. The fourth-order valence-corrected chi connectivity index (χ4v) is 1.77. The number of hydrogen-bond acceptors (Lipinski definition) is 3. The maximum atomic E-state index is 4.36. The summed E-state index contributed by atoms with van der Waals surface area (Å²) < 4.78 is 1.88. The standard InChI is InChI=1S/C11H17N5/c1-7-10(14-6-13-7)5-12-11-8(2)15-16(4)9(11)3/h6,12H,5H2,1-4H3,(H,13,14). The molecule has 0 saturated heterocycles. The Hall–Kier alpha value is -1.78. The predicted octanol–water partition coefficient (Wildman–Crippen LogP) is 1.68. The number of imidazole rings is 1. The summed E-state index contributed by atoms with van der Waals surface area (Å²) in [6.07, 6.45) is 1.72. The highest BCUT2D eigenvalue weighted by Gasteiger charge is 2.09. The molecule has 0 saturated carbocycles. The Morgan fingerprint density at radius 3 is 2.62 bits per heavy atom. The number of H-pyrrole nitrogens is 1. The zero-order valence-corrected chi connectivity index (χ0v) is 10.1. The van der Waals surface area contributed by atoms with Gasteiger partial charge < -0.3 is 10.3 Å². The number of rotatable bonds is 3. The van der Waals surface area contributed by atoms with Crippen molar-refractivity contribution in [3.63, 3.8) is 0 Å². The first kappa shape index (κ1) is 10.7. The summed E-state index contributed by atoms with van der Waals surface area (Å²) in [6.45, 7) is 6.81. The molecule has 0 radical (unpaired) electrons. The van der Waals surface area contributed by atoms with Crippen molar-refractivity contribution in [2.24, 2.45) is 7.05 Å². The van der Waals surface area contributed by atoms with Crippen molar-refractivity contribution in [1.29, 1.82) is 0 Å². The minimum absolute atomic E-state index is 0.725. The van der Waals surface area contributed by atoms with Gasteiger partial charge in [0, 0.05) is 12.7 Å². The van der Waals surface area contributed by atoms with Gasteiger partial charge in [-0.2, -0.15) is 5.10 Å². The number of nitrogens with one attached hydrogen (secondary N) is 2. The van der Waals surface area contributed by atoms with Crippen LogP contribution in [0.4, 0.5) is 5.69 Å². The molecule has 2 rings (SSSR count). The van der Waals surface area contributed by atoms with E-state index < -0.39 is 0 Å². The van der Waals surface area contributed by atoms with Gasteiger partial charge in [-0.25, -0.2) is 4.98 Å². The Kier molecular flexibility index (Phi) is 2.68. The predicted molar refractivity (Wildman–Crippen MR) is 63.3 cm³/mol. The molecule has 16 heavy (non-hydrogen) atoms. The second kappa shape index (κ2) is 4.00. The van der Waals surface area contributed by atoms with Crippen LogP contribution in [0.2, 0.25) is 0 Å². The molecule has 0 spiro atoms. The third-order valence-electron chi connectivity index (χ3n) is 2.88. The molecule has 86 valence electrons. The zero-order chi connectivity index (χ0) is 11.7. The first-order valence-electron chi connectivity index (χ1n) is 5.32. The number of aryl methyl sites for hydroxylation is 3. The van der Waals surface area contributed by atoms with E-state index in [1.54, 1.807) is 6.33 Å². The van der Waals surface area contributed by atoms with Gasteiger partial charge in [0.15, 0.2) is 0 Å². The van der Waals surface area contributed by atoms with Crippen LogP contribution < -0.4 is 5.32 Å². The summed E-state index contributed by atoms with van der Waals surface area (Å²) in [4.78, 5) is 7.32. The van der Waals surface area contributed by atoms with Gasteiger partial charge in [0.1, 0.15) is 0 Å². The molecule has 0 atom stereocenters. The molecule has 5 nitrogen and oxygen atoms in total. The lowest BCUT2D eigenvalue weighted by molar-refractivity contribution is 0.731. The number of aromatic amines is 1. The van der Waals surface area contributed by atoms with Crippen LogP contribution in [0.1, 0.15) is 22.8 Å². The van der Waals surface area contributed by atoms with Crippen LogP contribution in [0.25, 0.3) is 0 Å². The lowest BCUT2D eigenvalue weighted by Crippen LogP contribution is -2.03. The van der Waals surface area contributed by atoms with Crippen LogP contribution in [-0.2, 0) is 13.6 Å². The van der Waals surface area contributed by atoms with Crippen LogP contribution in [0.15, 0.2) is 6.33 Å². The quantitative estimate of drug-likeness (QED) is 0.825. The van der Waals surface area contributed by atoms with E-state index in [1.807, 2.05) is 25.6 Å². The number of hydrogen-bond donors (Lipinski definition) is 2. The van der Waals surface area contributed by atoms with Gasteiger partial charge in [-0.3, -0.25) is 4.68 Å². The molecule has 0 amide bonds. The normalized spacial score (nSPS) is 10.8. The molecule has 0 unspecified atom stereocenters. The van der Waals surface area contributed by atoms with Gasteiger partial charge in [-0.15, -0.1) is 0 Å². The molecule has 2 aromatic rings. The summed E-state index contributed by atoms with van der Waals surface area (Å²) in [6, 6.07) is 0. The first-order valence-corrected chi connectivity index (χ1v) is 5.32. The maximum absolute atomic E-state index is 4.36. The number of anilines is 1. The van der Waals surface area contributed by atoms with Gasteiger partial charge in [-0.1, -0.05) is 0 Å². The monoisotopic (exact) mass is 219 g/mol. The Labute approximate surface area is 94.9 Å². The van der Waals surface area contributed by atoms with Crippen LogP contribution in [0.5, 0.6) is 0 Å². The van der Waals surface area contributed by atoms with Crippen LogP contribution in [-0.4, -0.2) is 19.7 Å². The molecule has 0 bridgehead atoms. The second-order valence-corrected chi connectivity index (χ2v) is 4.00. The Balaban J connectivity index is 2.13. The van der Waals surface area contributed by atoms with E-state index in [1.165, 1.54) is 0 Å². The van der Waals surface area contributed by atoms with E-state index in [-0.39, 0.29) is 0 Å². The third-order valence-corrected chi connectivity index (χ3v) is 2.88. The Morgan fingerprint density at radius 2 is 2.12 bits per heavy atom. The van der Waals surface area contributed by atoms with Gasteiger partial charge in [0.2, 0.25) is 0 Å². The van der Waals surface area contributed by atoms with Gasteiger partial charge in [-0.05, 0) is 20.8 Å². The van der Waals surface area contributed by atoms with Crippen molar-refractivity contribution >= 4 is 5.69 Å². The largest absolute Gasteiger partial charge is 0.376 e. The zero-order valence-electron chi connectivity index (χ0n) is 10.1. The minimum Gasteiger partial charge on any atom is -0.376 e. The van der Waals surface area contributed by atoms with Gasteiger partial charge in [0.25, 0.3) is 0 Å².